The largest absolute Gasteiger partial charge is 0.444 e. The second-order valence-electron chi connectivity index (χ2n) is 10.7. The van der Waals surface area contributed by atoms with Gasteiger partial charge in [0.15, 0.2) is 11.3 Å². The SMILES string of the molecule is CC(C)(C)OC(=O)N1CC2(CCC(F)(c3cccc4nc(NC(=O)C5CC5)nn34)CC2)C1. The molecule has 2 amide bonds. The fourth-order valence-electron chi connectivity index (χ4n) is 4.82. The Kier molecular flexibility index (Phi) is 4.73. The molecule has 32 heavy (non-hydrogen) atoms. The minimum Gasteiger partial charge on any atom is -0.444 e. The van der Waals surface area contributed by atoms with E-state index in [2.05, 4.69) is 15.4 Å². The summed E-state index contributed by atoms with van der Waals surface area (Å²) in [5, 5.41) is 7.13. The second-order valence-corrected chi connectivity index (χ2v) is 10.7. The van der Waals surface area contributed by atoms with Gasteiger partial charge in [-0.15, -0.1) is 5.10 Å². The van der Waals surface area contributed by atoms with E-state index in [0.717, 1.165) is 12.8 Å². The van der Waals surface area contributed by atoms with Crippen LogP contribution in [0.5, 0.6) is 0 Å². The number of halogens is 1. The fourth-order valence-corrected chi connectivity index (χ4v) is 4.82. The average molecular weight is 444 g/mol. The van der Waals surface area contributed by atoms with Gasteiger partial charge in [0.1, 0.15) is 5.60 Å². The maximum atomic E-state index is 16.1. The van der Waals surface area contributed by atoms with E-state index in [4.69, 9.17) is 4.74 Å². The van der Waals surface area contributed by atoms with Gasteiger partial charge in [0.2, 0.25) is 11.9 Å². The molecule has 5 rings (SSSR count). The summed E-state index contributed by atoms with van der Waals surface area (Å²) in [4.78, 5) is 30.4. The number of carbonyl (C=O) groups is 2. The highest BCUT2D eigenvalue weighted by molar-refractivity contribution is 5.92. The van der Waals surface area contributed by atoms with Crippen molar-refractivity contribution in [2.45, 2.75) is 70.6 Å². The van der Waals surface area contributed by atoms with Crippen molar-refractivity contribution in [2.24, 2.45) is 11.3 Å². The zero-order chi connectivity index (χ0) is 22.7. The van der Waals surface area contributed by atoms with Crippen LogP contribution in [0.3, 0.4) is 0 Å². The molecule has 1 spiro atoms. The van der Waals surface area contributed by atoms with Crippen LogP contribution in [0.4, 0.5) is 15.1 Å². The van der Waals surface area contributed by atoms with Crippen LogP contribution < -0.4 is 5.32 Å². The predicted octanol–water partition coefficient (Wildman–Crippen LogP) is 4.05. The van der Waals surface area contributed by atoms with E-state index in [9.17, 15) is 9.59 Å². The first-order valence-electron chi connectivity index (χ1n) is 11.4. The Morgan fingerprint density at radius 2 is 1.84 bits per heavy atom. The van der Waals surface area contributed by atoms with Crippen LogP contribution in [-0.4, -0.2) is 50.2 Å². The molecule has 172 valence electrons. The van der Waals surface area contributed by atoms with Crippen molar-refractivity contribution < 1.29 is 18.7 Å². The summed E-state index contributed by atoms with van der Waals surface area (Å²) >= 11 is 0. The number of alkyl halides is 1. The molecule has 2 saturated carbocycles. The van der Waals surface area contributed by atoms with E-state index >= 15 is 4.39 Å². The lowest BCUT2D eigenvalue weighted by Crippen LogP contribution is -2.61. The minimum atomic E-state index is -1.53. The van der Waals surface area contributed by atoms with Crippen LogP contribution >= 0.6 is 0 Å². The summed E-state index contributed by atoms with van der Waals surface area (Å²) in [5.41, 5.74) is -1.10. The van der Waals surface area contributed by atoms with Crippen LogP contribution in [0.1, 0.15) is 65.0 Å². The van der Waals surface area contributed by atoms with E-state index in [1.165, 1.54) is 4.52 Å². The van der Waals surface area contributed by atoms with E-state index in [-0.39, 0.29) is 29.3 Å². The van der Waals surface area contributed by atoms with Gasteiger partial charge >= 0.3 is 6.09 Å². The highest BCUT2D eigenvalue weighted by Gasteiger charge is 2.52. The van der Waals surface area contributed by atoms with Crippen molar-refractivity contribution in [3.05, 3.63) is 23.9 Å². The molecule has 3 fully saturated rings. The van der Waals surface area contributed by atoms with Crippen LogP contribution in [0, 0.1) is 11.3 Å². The van der Waals surface area contributed by atoms with E-state index in [1.807, 2.05) is 20.8 Å². The summed E-state index contributed by atoms with van der Waals surface area (Å²) in [6, 6.07) is 5.30. The molecule has 0 unspecified atom stereocenters. The number of nitrogens with zero attached hydrogens (tertiary/aromatic N) is 4. The third-order valence-electron chi connectivity index (χ3n) is 6.81. The van der Waals surface area contributed by atoms with Crippen molar-refractivity contribution in [3.63, 3.8) is 0 Å². The molecule has 0 bridgehead atoms. The Morgan fingerprint density at radius 1 is 1.16 bits per heavy atom. The average Bonchev–Trinajstić information content (AvgIpc) is 3.45. The number of aromatic nitrogens is 3. The maximum Gasteiger partial charge on any atom is 0.410 e. The van der Waals surface area contributed by atoms with Crippen molar-refractivity contribution in [2.75, 3.05) is 18.4 Å². The summed E-state index contributed by atoms with van der Waals surface area (Å²) < 4.78 is 23.1. The summed E-state index contributed by atoms with van der Waals surface area (Å²) in [5.74, 6) is 0.194. The number of hydrogen-bond acceptors (Lipinski definition) is 5. The highest BCUT2D eigenvalue weighted by Crippen LogP contribution is 2.52. The maximum absolute atomic E-state index is 16.1. The molecule has 2 aromatic rings. The van der Waals surface area contributed by atoms with Gasteiger partial charge < -0.3 is 9.64 Å². The van der Waals surface area contributed by atoms with E-state index < -0.39 is 11.3 Å². The van der Waals surface area contributed by atoms with Crippen molar-refractivity contribution in [3.8, 4) is 0 Å². The molecule has 1 N–H and O–H groups in total. The van der Waals surface area contributed by atoms with Crippen LogP contribution in [0.25, 0.3) is 5.65 Å². The Hall–Kier alpha value is -2.71. The Balaban J connectivity index is 1.27. The minimum absolute atomic E-state index is 0.0356. The first-order chi connectivity index (χ1) is 15.1. The fraction of sp³-hybridized carbons (Fsp3) is 0.652. The van der Waals surface area contributed by atoms with Gasteiger partial charge in [-0.3, -0.25) is 10.1 Å². The number of anilines is 1. The zero-order valence-electron chi connectivity index (χ0n) is 18.9. The van der Waals surface area contributed by atoms with Gasteiger partial charge in [-0.25, -0.2) is 13.7 Å². The Morgan fingerprint density at radius 3 is 2.47 bits per heavy atom. The zero-order valence-corrected chi connectivity index (χ0v) is 18.9. The molecule has 8 nitrogen and oxygen atoms in total. The first-order valence-corrected chi connectivity index (χ1v) is 11.4. The normalized spacial score (nSPS) is 21.9. The Labute approximate surface area is 186 Å². The lowest BCUT2D eigenvalue weighted by Gasteiger charge is -2.54. The number of carbonyl (C=O) groups excluding carboxylic acids is 2. The van der Waals surface area contributed by atoms with Gasteiger partial charge in [0.05, 0.1) is 5.69 Å². The number of nitrogens with one attached hydrogen (secondary N) is 1. The molecule has 2 aromatic heterocycles. The lowest BCUT2D eigenvalue weighted by atomic mass is 9.64. The van der Waals surface area contributed by atoms with Crippen molar-refractivity contribution in [1.82, 2.24) is 19.5 Å². The standard InChI is InChI=1S/C23H30FN5O3/c1-21(2,3)32-20(31)28-13-22(14-28)9-11-23(24,12-10-22)16-5-4-6-17-25-19(27-29(16)17)26-18(30)15-7-8-15/h4-6,15H,7-14H2,1-3H3,(H,26,27,30). The Bertz CT molecular complexity index is 1060. The molecule has 0 atom stereocenters. The third kappa shape index (κ3) is 3.93. The van der Waals surface area contributed by atoms with Gasteiger partial charge in [-0.05, 0) is 71.4 Å². The third-order valence-corrected chi connectivity index (χ3v) is 6.81. The molecular formula is C23H30FN5O3. The van der Waals surface area contributed by atoms with Crippen molar-refractivity contribution in [1.29, 1.82) is 0 Å². The van der Waals surface area contributed by atoms with Gasteiger partial charge in [0.25, 0.3) is 0 Å². The van der Waals surface area contributed by atoms with Gasteiger partial charge in [-0.2, -0.15) is 4.98 Å². The number of likely N-dealkylation sites (tertiary alicyclic amines) is 1. The summed E-state index contributed by atoms with van der Waals surface area (Å²) in [6.45, 7) is 6.79. The first kappa shape index (κ1) is 21.2. The molecule has 0 radical (unpaired) electrons. The molecule has 1 saturated heterocycles. The van der Waals surface area contributed by atoms with Crippen molar-refractivity contribution >= 4 is 23.6 Å². The molecule has 9 heteroatoms. The van der Waals surface area contributed by atoms with Crippen LogP contribution in [0.2, 0.25) is 0 Å². The van der Waals surface area contributed by atoms with Crippen LogP contribution in [-0.2, 0) is 15.2 Å². The quantitative estimate of drug-likeness (QED) is 0.773. The lowest BCUT2D eigenvalue weighted by molar-refractivity contribution is -0.117. The number of rotatable bonds is 3. The molecule has 3 heterocycles. The molecule has 0 aromatic carbocycles. The monoisotopic (exact) mass is 443 g/mol. The highest BCUT2D eigenvalue weighted by atomic mass is 19.1. The number of fused-ring (bicyclic) bond motifs is 1. The van der Waals surface area contributed by atoms with Crippen LogP contribution in [0.15, 0.2) is 18.2 Å². The smallest absolute Gasteiger partial charge is 0.410 e. The topological polar surface area (TPSA) is 88.8 Å². The predicted molar refractivity (Wildman–Crippen MR) is 116 cm³/mol. The number of amides is 2. The second kappa shape index (κ2) is 7.15. The number of hydrogen-bond donors (Lipinski definition) is 1. The molecule has 2 aliphatic carbocycles. The van der Waals surface area contributed by atoms with Gasteiger partial charge in [0, 0.05) is 24.4 Å². The number of ether oxygens (including phenoxy) is 1. The van der Waals surface area contributed by atoms with Gasteiger partial charge in [-0.1, -0.05) is 6.07 Å². The summed E-state index contributed by atoms with van der Waals surface area (Å²) in [6.07, 6.45) is 3.60. The van der Waals surface area contributed by atoms with E-state index in [0.29, 0.717) is 50.1 Å². The van der Waals surface area contributed by atoms with E-state index in [1.54, 1.807) is 23.1 Å². The molecular weight excluding hydrogens is 413 g/mol. The number of pyridine rings is 1. The molecule has 1 aliphatic heterocycles. The summed E-state index contributed by atoms with van der Waals surface area (Å²) in [7, 11) is 0. The molecule has 3 aliphatic rings.